The molecule has 2 fully saturated rings. The Morgan fingerprint density at radius 1 is 0.750 bits per heavy atom. The van der Waals surface area contributed by atoms with Crippen molar-refractivity contribution in [1.29, 1.82) is 0 Å². The zero-order valence-corrected chi connectivity index (χ0v) is 14.0. The third-order valence-corrected chi connectivity index (χ3v) is 4.95. The van der Waals surface area contributed by atoms with Crippen molar-refractivity contribution in [3.8, 4) is 0 Å². The van der Waals surface area contributed by atoms with Gasteiger partial charge in [-0.3, -0.25) is 10.6 Å². The van der Waals surface area contributed by atoms with Crippen LogP contribution in [0.4, 0.5) is 0 Å². The lowest BCUT2D eigenvalue weighted by Crippen LogP contribution is -2.77. The quantitative estimate of drug-likeness (QED) is 0.528. The van der Waals surface area contributed by atoms with Gasteiger partial charge in [-0.05, 0) is 23.3 Å². The van der Waals surface area contributed by atoms with Crippen molar-refractivity contribution in [1.82, 2.24) is 21.3 Å². The Morgan fingerprint density at radius 3 is 1.88 bits per heavy atom. The van der Waals surface area contributed by atoms with Crippen molar-refractivity contribution in [3.05, 3.63) is 71.8 Å². The average Bonchev–Trinajstić information content (AvgIpc) is 2.62. The SMILES string of the molecule is NC1NC(=S)NC2NC(c3ccccc3)C(c3ccccc3)NC12. The first-order valence-electron chi connectivity index (χ1n) is 8.17. The fourth-order valence-electron chi connectivity index (χ4n) is 3.56. The molecule has 0 spiro atoms. The van der Waals surface area contributed by atoms with Crippen molar-refractivity contribution in [2.75, 3.05) is 0 Å². The lowest BCUT2D eigenvalue weighted by molar-refractivity contribution is 0.161. The van der Waals surface area contributed by atoms with E-state index in [-0.39, 0.29) is 30.5 Å². The molecule has 0 amide bonds. The topological polar surface area (TPSA) is 74.1 Å². The lowest BCUT2D eigenvalue weighted by Gasteiger charge is -2.49. The average molecular weight is 339 g/mol. The second kappa shape index (κ2) is 6.49. The number of fused-ring (bicyclic) bond motifs is 1. The highest BCUT2D eigenvalue weighted by atomic mass is 32.1. The van der Waals surface area contributed by atoms with Gasteiger partial charge in [0.2, 0.25) is 0 Å². The van der Waals surface area contributed by atoms with Crippen molar-refractivity contribution in [2.45, 2.75) is 30.5 Å². The number of hydrogen-bond donors (Lipinski definition) is 5. The van der Waals surface area contributed by atoms with Gasteiger partial charge in [0.25, 0.3) is 0 Å². The Bertz CT molecular complexity index is 708. The number of hydrogen-bond acceptors (Lipinski definition) is 4. The summed E-state index contributed by atoms with van der Waals surface area (Å²) in [6.07, 6.45) is -0.252. The van der Waals surface area contributed by atoms with Gasteiger partial charge in [0.05, 0.1) is 30.5 Å². The minimum atomic E-state index is -0.237. The van der Waals surface area contributed by atoms with Crippen molar-refractivity contribution in [2.24, 2.45) is 5.73 Å². The van der Waals surface area contributed by atoms with Gasteiger partial charge in [0.15, 0.2) is 5.11 Å². The highest BCUT2D eigenvalue weighted by Gasteiger charge is 2.42. The van der Waals surface area contributed by atoms with Crippen LogP contribution < -0.4 is 27.0 Å². The molecule has 24 heavy (non-hydrogen) atoms. The maximum absolute atomic E-state index is 6.26. The Balaban J connectivity index is 1.70. The molecule has 2 aliphatic rings. The summed E-state index contributed by atoms with van der Waals surface area (Å²) in [6, 6.07) is 21.2. The molecule has 0 aliphatic carbocycles. The van der Waals surface area contributed by atoms with Crippen LogP contribution in [0.2, 0.25) is 0 Å². The third-order valence-electron chi connectivity index (χ3n) is 4.71. The molecule has 0 saturated carbocycles. The molecule has 2 aromatic carbocycles. The van der Waals surface area contributed by atoms with Crippen LogP contribution in [0.25, 0.3) is 0 Å². The molecule has 6 N–H and O–H groups in total. The van der Waals surface area contributed by atoms with E-state index in [9.17, 15) is 0 Å². The Kier molecular flexibility index (Phi) is 4.20. The summed E-state index contributed by atoms with van der Waals surface area (Å²) in [4.78, 5) is 0. The summed E-state index contributed by atoms with van der Waals surface area (Å²) in [5.41, 5.74) is 8.73. The van der Waals surface area contributed by atoms with E-state index in [0.29, 0.717) is 5.11 Å². The van der Waals surface area contributed by atoms with Gasteiger partial charge in [-0.2, -0.15) is 0 Å². The van der Waals surface area contributed by atoms with Crippen LogP contribution in [-0.2, 0) is 0 Å². The van der Waals surface area contributed by atoms with Crippen LogP contribution in [0.5, 0.6) is 0 Å². The minimum Gasteiger partial charge on any atom is -0.346 e. The molecule has 5 nitrogen and oxygen atoms in total. The van der Waals surface area contributed by atoms with Gasteiger partial charge < -0.3 is 16.4 Å². The van der Waals surface area contributed by atoms with Crippen molar-refractivity contribution >= 4 is 17.3 Å². The summed E-state index contributed by atoms with van der Waals surface area (Å²) in [5, 5.41) is 14.4. The van der Waals surface area contributed by atoms with Crippen LogP contribution in [0.1, 0.15) is 23.2 Å². The first-order chi connectivity index (χ1) is 11.7. The maximum atomic E-state index is 6.26. The predicted octanol–water partition coefficient (Wildman–Crippen LogP) is 1.12. The van der Waals surface area contributed by atoms with E-state index in [2.05, 4.69) is 69.8 Å². The van der Waals surface area contributed by atoms with Gasteiger partial charge >= 0.3 is 0 Å². The summed E-state index contributed by atoms with van der Waals surface area (Å²) in [7, 11) is 0. The number of benzene rings is 2. The largest absolute Gasteiger partial charge is 0.346 e. The molecule has 5 unspecified atom stereocenters. The van der Waals surface area contributed by atoms with E-state index < -0.39 is 0 Å². The molecule has 2 aliphatic heterocycles. The van der Waals surface area contributed by atoms with Gasteiger partial charge in [-0.1, -0.05) is 60.7 Å². The second-order valence-corrected chi connectivity index (χ2v) is 6.67. The van der Waals surface area contributed by atoms with Crippen LogP contribution in [0.3, 0.4) is 0 Å². The molecule has 0 bridgehead atoms. The standard InChI is InChI=1S/C18H21N5S/c19-16-15-17(23-18(24)22-16)21-14(12-9-5-2-6-10-12)13(20-15)11-7-3-1-4-8-11/h1-10,13-17,20-21H,19H2,(H2,22,23,24). The summed E-state index contributed by atoms with van der Waals surface area (Å²) >= 11 is 5.26. The Morgan fingerprint density at radius 2 is 1.29 bits per heavy atom. The zero-order valence-electron chi connectivity index (χ0n) is 13.1. The molecule has 6 heteroatoms. The summed E-state index contributed by atoms with van der Waals surface area (Å²) in [6.45, 7) is 0. The minimum absolute atomic E-state index is 0.0149. The van der Waals surface area contributed by atoms with Gasteiger partial charge in [-0.15, -0.1) is 0 Å². The fourth-order valence-corrected chi connectivity index (χ4v) is 3.82. The number of piperazine rings is 1. The van der Waals surface area contributed by atoms with E-state index in [4.69, 9.17) is 18.0 Å². The Hall–Kier alpha value is -1.99. The third kappa shape index (κ3) is 2.89. The van der Waals surface area contributed by atoms with E-state index in [1.807, 2.05) is 12.1 Å². The first kappa shape index (κ1) is 15.5. The molecule has 124 valence electrons. The van der Waals surface area contributed by atoms with Crippen LogP contribution in [0, 0.1) is 0 Å². The maximum Gasteiger partial charge on any atom is 0.168 e. The molecule has 2 heterocycles. The monoisotopic (exact) mass is 339 g/mol. The lowest BCUT2D eigenvalue weighted by atomic mass is 9.88. The molecule has 0 aromatic heterocycles. The van der Waals surface area contributed by atoms with Crippen LogP contribution in [0.15, 0.2) is 60.7 Å². The Labute approximate surface area is 147 Å². The molecule has 5 atom stereocenters. The molecular formula is C18H21N5S. The second-order valence-electron chi connectivity index (χ2n) is 6.26. The van der Waals surface area contributed by atoms with Gasteiger partial charge in [-0.25, -0.2) is 0 Å². The summed E-state index contributed by atoms with van der Waals surface area (Å²) < 4.78 is 0. The molecule has 4 rings (SSSR count). The highest BCUT2D eigenvalue weighted by molar-refractivity contribution is 7.80. The molecule has 0 radical (unpaired) electrons. The van der Waals surface area contributed by atoms with Crippen LogP contribution >= 0.6 is 12.2 Å². The van der Waals surface area contributed by atoms with E-state index in [1.165, 1.54) is 11.1 Å². The van der Waals surface area contributed by atoms with Crippen LogP contribution in [-0.4, -0.2) is 23.5 Å². The number of nitrogens with one attached hydrogen (secondary N) is 4. The zero-order chi connectivity index (χ0) is 16.5. The molecule has 2 saturated heterocycles. The molecule has 2 aromatic rings. The van der Waals surface area contributed by atoms with E-state index >= 15 is 0 Å². The van der Waals surface area contributed by atoms with E-state index in [1.54, 1.807) is 0 Å². The number of thiocarbonyl (C=S) groups is 1. The predicted molar refractivity (Wildman–Crippen MR) is 99.1 cm³/mol. The first-order valence-corrected chi connectivity index (χ1v) is 8.58. The van der Waals surface area contributed by atoms with Gasteiger partial charge in [0, 0.05) is 0 Å². The smallest absolute Gasteiger partial charge is 0.168 e. The number of nitrogens with two attached hydrogens (primary N) is 1. The molecular weight excluding hydrogens is 318 g/mol. The highest BCUT2D eigenvalue weighted by Crippen LogP contribution is 2.33. The van der Waals surface area contributed by atoms with Gasteiger partial charge in [0.1, 0.15) is 0 Å². The van der Waals surface area contributed by atoms with E-state index in [0.717, 1.165) is 0 Å². The van der Waals surface area contributed by atoms with Crippen molar-refractivity contribution < 1.29 is 0 Å². The van der Waals surface area contributed by atoms with Crippen molar-refractivity contribution in [3.63, 3.8) is 0 Å². The normalized spacial score (nSPS) is 32.4. The fraction of sp³-hybridized carbons (Fsp3) is 0.278. The number of rotatable bonds is 2. The summed E-state index contributed by atoms with van der Waals surface area (Å²) in [5.74, 6) is 0.